The number of ether oxygens (including phenoxy) is 2. The Morgan fingerprint density at radius 1 is 0.900 bits per heavy atom. The van der Waals surface area contributed by atoms with Crippen molar-refractivity contribution >= 4 is 0 Å². The summed E-state index contributed by atoms with van der Waals surface area (Å²) in [6.45, 7) is 0.568. The first-order valence-electron chi connectivity index (χ1n) is 3.38. The summed E-state index contributed by atoms with van der Waals surface area (Å²) < 4.78 is 10.2. The first kappa shape index (κ1) is 6.54. The van der Waals surface area contributed by atoms with Crippen LogP contribution in [0.1, 0.15) is 0 Å². The Bertz CT molecular complexity index is 122. The third-order valence-corrected chi connectivity index (χ3v) is 2.00. The van der Waals surface area contributed by atoms with E-state index in [-0.39, 0.29) is 25.4 Å². The van der Waals surface area contributed by atoms with Crippen molar-refractivity contribution in [3.63, 3.8) is 0 Å². The third-order valence-electron chi connectivity index (χ3n) is 2.00. The lowest BCUT2D eigenvalue weighted by molar-refractivity contribution is 0.00205. The first-order chi connectivity index (χ1) is 4.79. The highest BCUT2D eigenvalue weighted by Gasteiger charge is 2.46. The second-order valence-corrected chi connectivity index (χ2v) is 2.73. The summed E-state index contributed by atoms with van der Waals surface area (Å²) in [7, 11) is 0. The fourth-order valence-electron chi connectivity index (χ4n) is 1.46. The molecule has 2 saturated heterocycles. The maximum atomic E-state index is 9.16. The molecule has 2 aliphatic heterocycles. The largest absolute Gasteiger partial charge is 0.388 e. The van der Waals surface area contributed by atoms with Gasteiger partial charge in [-0.15, -0.1) is 0 Å². The summed E-state index contributed by atoms with van der Waals surface area (Å²) in [5.41, 5.74) is 0. The summed E-state index contributed by atoms with van der Waals surface area (Å²) in [4.78, 5) is 0. The smallest absolute Gasteiger partial charge is 0.114 e. The molecule has 2 fully saturated rings. The van der Waals surface area contributed by atoms with Crippen molar-refractivity contribution in [2.24, 2.45) is 0 Å². The van der Waals surface area contributed by atoms with Crippen molar-refractivity contribution < 1.29 is 19.7 Å². The highest BCUT2D eigenvalue weighted by Crippen LogP contribution is 2.26. The van der Waals surface area contributed by atoms with Crippen LogP contribution in [0.2, 0.25) is 0 Å². The van der Waals surface area contributed by atoms with Crippen LogP contribution in [-0.4, -0.2) is 47.8 Å². The van der Waals surface area contributed by atoms with E-state index in [1.807, 2.05) is 0 Å². The zero-order valence-electron chi connectivity index (χ0n) is 5.43. The number of hydrogen-bond donors (Lipinski definition) is 2. The Kier molecular flexibility index (Phi) is 1.42. The minimum Gasteiger partial charge on any atom is -0.388 e. The molecular formula is C6H10O4. The van der Waals surface area contributed by atoms with E-state index in [2.05, 4.69) is 0 Å². The average molecular weight is 146 g/mol. The first-order valence-corrected chi connectivity index (χ1v) is 3.38. The van der Waals surface area contributed by atoms with Gasteiger partial charge in [0.1, 0.15) is 24.4 Å². The van der Waals surface area contributed by atoms with E-state index in [9.17, 15) is 0 Å². The van der Waals surface area contributed by atoms with Crippen LogP contribution in [0.15, 0.2) is 0 Å². The molecule has 0 aromatic rings. The second-order valence-electron chi connectivity index (χ2n) is 2.73. The Labute approximate surface area is 58.4 Å². The second kappa shape index (κ2) is 2.17. The number of aliphatic hydroxyl groups is 2. The van der Waals surface area contributed by atoms with Crippen LogP contribution in [0.25, 0.3) is 0 Å². The fraction of sp³-hybridized carbons (Fsp3) is 1.00. The lowest BCUT2D eigenvalue weighted by atomic mass is 10.1. The Hall–Kier alpha value is -0.160. The van der Waals surface area contributed by atoms with Gasteiger partial charge in [-0.25, -0.2) is 0 Å². The van der Waals surface area contributed by atoms with Crippen molar-refractivity contribution in [2.45, 2.75) is 24.4 Å². The molecule has 58 valence electrons. The molecule has 2 N–H and O–H groups in total. The zero-order chi connectivity index (χ0) is 7.14. The SMILES string of the molecule is OC1CO[C@H]2C1OC[C@@H]2O. The van der Waals surface area contributed by atoms with Crippen molar-refractivity contribution in [3.05, 3.63) is 0 Å². The van der Waals surface area contributed by atoms with Crippen LogP contribution in [0, 0.1) is 0 Å². The standard InChI is InChI=1S/C6H10O4/c7-3-1-9-6-4(8)2-10-5(3)6/h3-8H,1-2H2/t3-,4?,5+,6?/m0/s1. The van der Waals surface area contributed by atoms with Gasteiger partial charge in [0, 0.05) is 0 Å². The van der Waals surface area contributed by atoms with Gasteiger partial charge >= 0.3 is 0 Å². The van der Waals surface area contributed by atoms with Gasteiger partial charge in [-0.1, -0.05) is 0 Å². The van der Waals surface area contributed by atoms with Gasteiger partial charge in [-0.3, -0.25) is 0 Å². The molecule has 0 saturated carbocycles. The summed E-state index contributed by atoms with van der Waals surface area (Å²) in [5, 5.41) is 18.3. The van der Waals surface area contributed by atoms with E-state index in [0.29, 0.717) is 0 Å². The van der Waals surface area contributed by atoms with Crippen LogP contribution < -0.4 is 0 Å². The minimum absolute atomic E-state index is 0.284. The van der Waals surface area contributed by atoms with Crippen LogP contribution in [-0.2, 0) is 9.47 Å². The van der Waals surface area contributed by atoms with Gasteiger partial charge < -0.3 is 19.7 Å². The predicted molar refractivity (Wildman–Crippen MR) is 31.5 cm³/mol. The van der Waals surface area contributed by atoms with Gasteiger partial charge in [0.15, 0.2) is 0 Å². The van der Waals surface area contributed by atoms with Crippen LogP contribution >= 0.6 is 0 Å². The molecule has 4 heteroatoms. The quantitative estimate of drug-likeness (QED) is 0.437. The van der Waals surface area contributed by atoms with Crippen molar-refractivity contribution in [1.29, 1.82) is 0 Å². The van der Waals surface area contributed by atoms with Crippen LogP contribution in [0.3, 0.4) is 0 Å². The molecule has 2 aliphatic rings. The molecule has 2 rings (SSSR count). The molecule has 0 aromatic carbocycles. The zero-order valence-corrected chi connectivity index (χ0v) is 5.43. The average Bonchev–Trinajstić information content (AvgIpc) is 2.41. The molecule has 0 amide bonds. The topological polar surface area (TPSA) is 58.9 Å². The fourth-order valence-corrected chi connectivity index (χ4v) is 1.46. The summed E-state index contributed by atoms with van der Waals surface area (Å²) in [6, 6.07) is 0. The normalized spacial score (nSPS) is 53.4. The molecule has 0 aromatic heterocycles. The van der Waals surface area contributed by atoms with Gasteiger partial charge in [0.2, 0.25) is 0 Å². The highest BCUT2D eigenvalue weighted by atomic mass is 16.6. The summed E-state index contributed by atoms with van der Waals surface area (Å²) in [5.74, 6) is 0. The van der Waals surface area contributed by atoms with E-state index in [4.69, 9.17) is 19.7 Å². The number of aliphatic hydroxyl groups excluding tert-OH is 2. The van der Waals surface area contributed by atoms with E-state index in [1.165, 1.54) is 0 Å². The molecule has 0 aliphatic carbocycles. The Morgan fingerprint density at radius 3 is 1.70 bits per heavy atom. The lowest BCUT2D eigenvalue weighted by Crippen LogP contribution is -2.30. The van der Waals surface area contributed by atoms with Gasteiger partial charge in [0.25, 0.3) is 0 Å². The highest BCUT2D eigenvalue weighted by molar-refractivity contribution is 4.93. The summed E-state index contributed by atoms with van der Waals surface area (Å²) in [6.07, 6.45) is -1.70. The molecule has 4 atom stereocenters. The maximum absolute atomic E-state index is 9.16. The van der Waals surface area contributed by atoms with E-state index in [1.54, 1.807) is 0 Å². The molecule has 4 nitrogen and oxygen atoms in total. The maximum Gasteiger partial charge on any atom is 0.114 e. The minimum atomic E-state index is -0.554. The molecular weight excluding hydrogens is 136 g/mol. The number of hydrogen-bond acceptors (Lipinski definition) is 4. The summed E-state index contributed by atoms with van der Waals surface area (Å²) >= 11 is 0. The van der Waals surface area contributed by atoms with Crippen molar-refractivity contribution in [2.75, 3.05) is 13.2 Å². The van der Waals surface area contributed by atoms with E-state index < -0.39 is 12.2 Å². The molecule has 0 radical (unpaired) electrons. The van der Waals surface area contributed by atoms with Gasteiger partial charge in [-0.2, -0.15) is 0 Å². The van der Waals surface area contributed by atoms with Crippen molar-refractivity contribution in [3.8, 4) is 0 Å². The Morgan fingerprint density at radius 2 is 1.30 bits per heavy atom. The molecule has 2 heterocycles. The third kappa shape index (κ3) is 0.769. The monoisotopic (exact) mass is 146 g/mol. The number of fused-ring (bicyclic) bond motifs is 1. The molecule has 2 unspecified atom stereocenters. The van der Waals surface area contributed by atoms with Gasteiger partial charge in [-0.05, 0) is 0 Å². The Balaban J connectivity index is 2.09. The molecule has 0 bridgehead atoms. The van der Waals surface area contributed by atoms with E-state index >= 15 is 0 Å². The number of rotatable bonds is 0. The van der Waals surface area contributed by atoms with Crippen molar-refractivity contribution in [1.82, 2.24) is 0 Å². The molecule has 10 heavy (non-hydrogen) atoms. The van der Waals surface area contributed by atoms with Crippen LogP contribution in [0.5, 0.6) is 0 Å². The van der Waals surface area contributed by atoms with Gasteiger partial charge in [0.05, 0.1) is 13.2 Å². The van der Waals surface area contributed by atoms with E-state index in [0.717, 1.165) is 0 Å². The lowest BCUT2D eigenvalue weighted by Gasteiger charge is -2.09. The van der Waals surface area contributed by atoms with Crippen LogP contribution in [0.4, 0.5) is 0 Å². The predicted octanol–water partition coefficient (Wildman–Crippen LogP) is -1.49. The molecule has 0 spiro atoms.